The summed E-state index contributed by atoms with van der Waals surface area (Å²) in [6.45, 7) is 2.11. The largest absolute Gasteiger partial charge is 0.327 e. The van der Waals surface area contributed by atoms with E-state index in [4.69, 9.17) is 0 Å². The molecule has 0 aliphatic heterocycles. The number of imidazole rings is 1. The molecule has 2 N–H and O–H groups in total. The SMILES string of the molecule is CCCCc1nc2nnc3[nH]c(=O)[nH]c(=O)c3c2n1-c1ccccc1. The van der Waals surface area contributed by atoms with Gasteiger partial charge in [-0.3, -0.25) is 19.3 Å². The smallest absolute Gasteiger partial charge is 0.294 e. The lowest BCUT2D eigenvalue weighted by molar-refractivity contribution is 0.744. The van der Waals surface area contributed by atoms with Crippen molar-refractivity contribution in [3.05, 3.63) is 57.0 Å². The molecule has 0 fully saturated rings. The van der Waals surface area contributed by atoms with Gasteiger partial charge in [0.1, 0.15) is 16.7 Å². The van der Waals surface area contributed by atoms with Gasteiger partial charge in [0.25, 0.3) is 5.56 Å². The second kappa shape index (κ2) is 5.97. The summed E-state index contributed by atoms with van der Waals surface area (Å²) in [5.74, 6) is 0.815. The van der Waals surface area contributed by atoms with Crippen LogP contribution in [0.2, 0.25) is 0 Å². The highest BCUT2D eigenvalue weighted by molar-refractivity contribution is 5.99. The number of aryl methyl sites for hydroxylation is 1. The summed E-state index contributed by atoms with van der Waals surface area (Å²) in [6, 6.07) is 9.67. The molecule has 8 heteroatoms. The molecule has 0 bridgehead atoms. The highest BCUT2D eigenvalue weighted by Crippen LogP contribution is 2.24. The van der Waals surface area contributed by atoms with Gasteiger partial charge in [-0.05, 0) is 18.6 Å². The van der Waals surface area contributed by atoms with Crippen molar-refractivity contribution >= 4 is 22.2 Å². The number of aromatic nitrogens is 6. The van der Waals surface area contributed by atoms with Gasteiger partial charge in [0.2, 0.25) is 5.65 Å². The van der Waals surface area contributed by atoms with Gasteiger partial charge >= 0.3 is 5.69 Å². The number of fused-ring (bicyclic) bond motifs is 3. The molecule has 0 aliphatic carbocycles. The molecule has 4 aromatic rings. The zero-order chi connectivity index (χ0) is 17.4. The normalized spacial score (nSPS) is 11.4. The second-order valence-electron chi connectivity index (χ2n) is 5.81. The fourth-order valence-electron chi connectivity index (χ4n) is 2.97. The van der Waals surface area contributed by atoms with Crippen LogP contribution in [0.4, 0.5) is 0 Å². The van der Waals surface area contributed by atoms with Crippen LogP contribution in [0.1, 0.15) is 25.6 Å². The number of aromatic amines is 2. The highest BCUT2D eigenvalue weighted by atomic mass is 16.2. The Hall–Kier alpha value is -3.29. The number of nitrogens with one attached hydrogen (secondary N) is 2. The molecule has 126 valence electrons. The van der Waals surface area contributed by atoms with E-state index in [9.17, 15) is 9.59 Å². The van der Waals surface area contributed by atoms with Crippen LogP contribution in [0.15, 0.2) is 39.9 Å². The number of H-pyrrole nitrogens is 2. The second-order valence-corrected chi connectivity index (χ2v) is 5.81. The van der Waals surface area contributed by atoms with E-state index in [1.54, 1.807) is 0 Å². The lowest BCUT2D eigenvalue weighted by Crippen LogP contribution is -2.23. The first-order valence-corrected chi connectivity index (χ1v) is 8.14. The van der Waals surface area contributed by atoms with Crippen LogP contribution in [-0.4, -0.2) is 29.7 Å². The van der Waals surface area contributed by atoms with Crippen molar-refractivity contribution in [3.8, 4) is 5.69 Å². The Morgan fingerprint density at radius 3 is 2.64 bits per heavy atom. The quantitative estimate of drug-likeness (QED) is 0.589. The number of benzene rings is 1. The third kappa shape index (κ3) is 2.51. The Bertz CT molecular complexity index is 1170. The van der Waals surface area contributed by atoms with Gasteiger partial charge in [0.05, 0.1) is 0 Å². The van der Waals surface area contributed by atoms with Crippen LogP contribution in [-0.2, 0) is 6.42 Å². The van der Waals surface area contributed by atoms with Crippen LogP contribution in [0.5, 0.6) is 0 Å². The topological polar surface area (TPSA) is 109 Å². The first-order chi connectivity index (χ1) is 12.2. The molecule has 4 rings (SSSR count). The van der Waals surface area contributed by atoms with Gasteiger partial charge in [0.15, 0.2) is 5.65 Å². The van der Waals surface area contributed by atoms with Crippen molar-refractivity contribution in [3.63, 3.8) is 0 Å². The van der Waals surface area contributed by atoms with E-state index in [1.165, 1.54) is 0 Å². The molecule has 25 heavy (non-hydrogen) atoms. The average Bonchev–Trinajstić information content (AvgIpc) is 2.98. The maximum atomic E-state index is 12.4. The van der Waals surface area contributed by atoms with E-state index in [0.717, 1.165) is 30.8 Å². The van der Waals surface area contributed by atoms with Crippen molar-refractivity contribution in [1.82, 2.24) is 29.7 Å². The number of para-hydroxylation sites is 1. The summed E-state index contributed by atoms with van der Waals surface area (Å²) in [5.41, 5.74) is 0.872. The van der Waals surface area contributed by atoms with Gasteiger partial charge in [-0.2, -0.15) is 0 Å². The summed E-state index contributed by atoms with van der Waals surface area (Å²) < 4.78 is 1.93. The first kappa shape index (κ1) is 15.3. The molecule has 0 saturated heterocycles. The maximum Gasteiger partial charge on any atom is 0.327 e. The van der Waals surface area contributed by atoms with Gasteiger partial charge in [0, 0.05) is 12.1 Å². The summed E-state index contributed by atoms with van der Waals surface area (Å²) in [7, 11) is 0. The summed E-state index contributed by atoms with van der Waals surface area (Å²) in [4.78, 5) is 33.4. The Balaban J connectivity index is 2.16. The van der Waals surface area contributed by atoms with Crippen LogP contribution >= 0.6 is 0 Å². The van der Waals surface area contributed by atoms with Crippen LogP contribution in [0, 0.1) is 0 Å². The Morgan fingerprint density at radius 2 is 1.88 bits per heavy atom. The van der Waals surface area contributed by atoms with E-state index in [1.807, 2.05) is 34.9 Å². The standard InChI is InChI=1S/C17H16N6O2/c1-2-3-9-11-18-15-13(23(11)10-7-5-4-6-8-10)12-14(21-22-15)19-17(25)20-16(12)24/h4-8H,2-3,9H2,1H3,(H2,19,20,21,24,25). The minimum atomic E-state index is -0.608. The molecule has 0 saturated carbocycles. The fraction of sp³-hybridized carbons (Fsp3) is 0.235. The summed E-state index contributed by atoms with van der Waals surface area (Å²) >= 11 is 0. The first-order valence-electron chi connectivity index (χ1n) is 8.14. The number of unbranched alkanes of at least 4 members (excludes halogenated alkanes) is 1. The summed E-state index contributed by atoms with van der Waals surface area (Å²) in [6.07, 6.45) is 2.75. The fourth-order valence-corrected chi connectivity index (χ4v) is 2.97. The van der Waals surface area contributed by atoms with Gasteiger partial charge < -0.3 is 0 Å². The molecule has 0 amide bonds. The van der Waals surface area contributed by atoms with Crippen molar-refractivity contribution in [2.24, 2.45) is 0 Å². The van der Waals surface area contributed by atoms with Crippen LogP contribution in [0.25, 0.3) is 27.9 Å². The van der Waals surface area contributed by atoms with Gasteiger partial charge in [-0.1, -0.05) is 31.5 Å². The predicted octanol–water partition coefficient (Wildman–Crippen LogP) is 1.69. The van der Waals surface area contributed by atoms with E-state index >= 15 is 0 Å². The lowest BCUT2D eigenvalue weighted by atomic mass is 10.2. The molecule has 8 nitrogen and oxygen atoms in total. The third-order valence-electron chi connectivity index (χ3n) is 4.10. The molecule has 0 atom stereocenters. The van der Waals surface area contributed by atoms with E-state index in [2.05, 4.69) is 32.1 Å². The molecule has 0 radical (unpaired) electrons. The molecule has 0 spiro atoms. The number of hydrogen-bond donors (Lipinski definition) is 2. The molecule has 3 aromatic heterocycles. The number of rotatable bonds is 4. The van der Waals surface area contributed by atoms with Crippen molar-refractivity contribution < 1.29 is 0 Å². The Labute approximate surface area is 141 Å². The third-order valence-corrected chi connectivity index (χ3v) is 4.10. The van der Waals surface area contributed by atoms with Crippen molar-refractivity contribution in [2.75, 3.05) is 0 Å². The van der Waals surface area contributed by atoms with Crippen molar-refractivity contribution in [2.45, 2.75) is 26.2 Å². The highest BCUT2D eigenvalue weighted by Gasteiger charge is 2.19. The molecular weight excluding hydrogens is 320 g/mol. The van der Waals surface area contributed by atoms with Gasteiger partial charge in [-0.25, -0.2) is 9.78 Å². The minimum absolute atomic E-state index is 0.153. The molecule has 0 unspecified atom stereocenters. The van der Waals surface area contributed by atoms with E-state index in [-0.39, 0.29) is 11.0 Å². The van der Waals surface area contributed by atoms with E-state index < -0.39 is 11.2 Å². The average molecular weight is 336 g/mol. The Morgan fingerprint density at radius 1 is 1.08 bits per heavy atom. The molecule has 0 aliphatic rings. The maximum absolute atomic E-state index is 12.4. The Kier molecular flexibility index (Phi) is 3.64. The van der Waals surface area contributed by atoms with Crippen LogP contribution in [0.3, 0.4) is 0 Å². The zero-order valence-electron chi connectivity index (χ0n) is 13.6. The van der Waals surface area contributed by atoms with Crippen molar-refractivity contribution in [1.29, 1.82) is 0 Å². The zero-order valence-corrected chi connectivity index (χ0v) is 13.6. The van der Waals surface area contributed by atoms with E-state index in [0.29, 0.717) is 11.2 Å². The lowest BCUT2D eigenvalue weighted by Gasteiger charge is -2.09. The number of hydrogen-bond acceptors (Lipinski definition) is 5. The van der Waals surface area contributed by atoms with Crippen LogP contribution < -0.4 is 11.2 Å². The summed E-state index contributed by atoms with van der Waals surface area (Å²) in [5, 5.41) is 8.34. The molecule has 3 heterocycles. The monoisotopic (exact) mass is 336 g/mol. The van der Waals surface area contributed by atoms with Gasteiger partial charge in [-0.15, -0.1) is 10.2 Å². The number of nitrogens with zero attached hydrogens (tertiary/aromatic N) is 4. The minimum Gasteiger partial charge on any atom is -0.294 e. The molecular formula is C17H16N6O2. The molecule has 1 aromatic carbocycles. The predicted molar refractivity (Wildman–Crippen MR) is 94.0 cm³/mol.